The number of likely N-dealkylation sites (N-methyl/N-ethyl adjacent to an activating group) is 1. The van der Waals surface area contributed by atoms with Crippen molar-refractivity contribution in [2.45, 2.75) is 58.5 Å². The lowest BCUT2D eigenvalue weighted by molar-refractivity contribution is -0.0190. The molecule has 3 atom stereocenters. The van der Waals surface area contributed by atoms with Crippen molar-refractivity contribution >= 4 is 49.9 Å². The molecule has 0 fully saturated rings. The fourth-order valence-corrected chi connectivity index (χ4v) is 7.46. The van der Waals surface area contributed by atoms with Crippen LogP contribution in [0.2, 0.25) is 0 Å². The van der Waals surface area contributed by atoms with Gasteiger partial charge in [0.25, 0.3) is 0 Å². The number of hydrogen-bond acceptors (Lipinski definition) is 4. The second-order valence-electron chi connectivity index (χ2n) is 11.6. The molecule has 0 spiro atoms. The number of para-hydroxylation sites is 2. The summed E-state index contributed by atoms with van der Waals surface area (Å²) in [4.78, 5) is 15.5. The lowest BCUT2D eigenvalue weighted by Crippen LogP contribution is -2.50. The number of carbonyl (C=O) groups is 1. The molecule has 0 saturated carbocycles. The maximum absolute atomic E-state index is 13.0. The molecule has 204 valence electrons. The van der Waals surface area contributed by atoms with Crippen molar-refractivity contribution in [2.24, 2.45) is 5.92 Å². The molecule has 1 aliphatic rings. The Bertz CT molecular complexity index is 1690. The van der Waals surface area contributed by atoms with Crippen molar-refractivity contribution < 1.29 is 9.53 Å². The Morgan fingerprint density at radius 3 is 2.33 bits per heavy atom. The molecule has 0 saturated heterocycles. The number of nitrogens with one attached hydrogen (secondary N) is 1. The van der Waals surface area contributed by atoms with Gasteiger partial charge in [0, 0.05) is 64.9 Å². The number of hydrogen-bond donors (Lipinski definition) is 1. The van der Waals surface area contributed by atoms with Crippen molar-refractivity contribution in [3.8, 4) is 0 Å². The lowest BCUT2D eigenvalue weighted by atomic mass is 9.94. The first-order valence-corrected chi connectivity index (χ1v) is 14.3. The highest BCUT2D eigenvalue weighted by Crippen LogP contribution is 2.47. The second-order valence-corrected chi connectivity index (χ2v) is 11.6. The van der Waals surface area contributed by atoms with Crippen LogP contribution in [-0.2, 0) is 17.8 Å². The number of nitrogens with zero attached hydrogens (tertiary/aromatic N) is 3. The molecule has 3 heterocycles. The van der Waals surface area contributed by atoms with Gasteiger partial charge in [0.2, 0.25) is 0 Å². The maximum atomic E-state index is 13.0. The van der Waals surface area contributed by atoms with Crippen LogP contribution in [0.4, 0.5) is 0 Å². The molecule has 6 nitrogen and oxygen atoms in total. The van der Waals surface area contributed by atoms with Crippen molar-refractivity contribution in [3.05, 3.63) is 59.7 Å². The van der Waals surface area contributed by atoms with Crippen molar-refractivity contribution in [3.63, 3.8) is 0 Å². The summed E-state index contributed by atoms with van der Waals surface area (Å²) in [5, 5.41) is 7.95. The molecule has 3 unspecified atom stereocenters. The van der Waals surface area contributed by atoms with Crippen molar-refractivity contribution in [1.29, 1.82) is 0 Å². The summed E-state index contributed by atoms with van der Waals surface area (Å²) in [6, 6.07) is 17.6. The Morgan fingerprint density at radius 1 is 1.05 bits per heavy atom. The molecule has 1 N–H and O–H groups in total. The van der Waals surface area contributed by atoms with Gasteiger partial charge in [-0.1, -0.05) is 57.2 Å². The molecule has 0 amide bonds. The average molecular weight is 525 g/mol. The van der Waals surface area contributed by atoms with Gasteiger partial charge in [-0.25, -0.2) is 0 Å². The predicted molar refractivity (Wildman–Crippen MR) is 162 cm³/mol. The molecular formula is C33H40N4O2. The zero-order chi connectivity index (χ0) is 27.4. The first kappa shape index (κ1) is 26.1. The van der Waals surface area contributed by atoms with Crippen LogP contribution in [0.3, 0.4) is 0 Å². The minimum absolute atomic E-state index is 0.0133. The van der Waals surface area contributed by atoms with Crippen LogP contribution in [0.25, 0.3) is 43.6 Å². The van der Waals surface area contributed by atoms with Crippen LogP contribution in [-0.4, -0.2) is 60.2 Å². The Morgan fingerprint density at radius 2 is 1.72 bits per heavy atom. The van der Waals surface area contributed by atoms with Crippen LogP contribution >= 0.6 is 0 Å². The number of benzene rings is 3. The highest BCUT2D eigenvalue weighted by Gasteiger charge is 2.38. The second kappa shape index (κ2) is 10.1. The van der Waals surface area contributed by atoms with Gasteiger partial charge in [0.15, 0.2) is 6.29 Å². The number of aromatic nitrogens is 2. The third kappa shape index (κ3) is 3.76. The summed E-state index contributed by atoms with van der Waals surface area (Å²) in [7, 11) is 6.08. The molecule has 6 heteroatoms. The van der Waals surface area contributed by atoms with Crippen LogP contribution < -0.4 is 5.32 Å². The van der Waals surface area contributed by atoms with E-state index in [0.717, 1.165) is 47.7 Å². The topological polar surface area (TPSA) is 51.4 Å². The summed E-state index contributed by atoms with van der Waals surface area (Å²) < 4.78 is 11.5. The molecule has 0 bridgehead atoms. The van der Waals surface area contributed by atoms with Crippen LogP contribution in [0.1, 0.15) is 49.2 Å². The minimum Gasteiger partial charge on any atom is -0.378 e. The summed E-state index contributed by atoms with van der Waals surface area (Å²) in [6.07, 6.45) is 2.01. The molecule has 6 rings (SSSR count). The summed E-state index contributed by atoms with van der Waals surface area (Å²) in [6.45, 7) is 9.23. The fourth-order valence-electron chi connectivity index (χ4n) is 7.46. The Hall–Kier alpha value is -3.19. The molecule has 5 aromatic rings. The highest BCUT2D eigenvalue weighted by atomic mass is 16.5. The third-order valence-corrected chi connectivity index (χ3v) is 8.84. The first-order valence-electron chi connectivity index (χ1n) is 14.3. The summed E-state index contributed by atoms with van der Waals surface area (Å²) >= 11 is 0. The fraction of sp³-hybridized carbons (Fsp3) is 0.424. The monoisotopic (exact) mass is 524 g/mol. The highest BCUT2D eigenvalue weighted by molar-refractivity contribution is 6.28. The largest absolute Gasteiger partial charge is 0.378 e. The SMILES string of the molecule is CCC1C(OC)C(N(C)CC(C)C)Cn2c3ccccc3c3c(C=O)c(CNC)c4c5ccccc5n1c4c32. The minimum atomic E-state index is -0.0133. The van der Waals surface area contributed by atoms with E-state index in [1.165, 1.54) is 32.8 Å². The number of fused-ring (bicyclic) bond motifs is 6. The molecule has 39 heavy (non-hydrogen) atoms. The van der Waals surface area contributed by atoms with E-state index in [0.29, 0.717) is 12.5 Å². The zero-order valence-corrected chi connectivity index (χ0v) is 24.0. The van der Waals surface area contributed by atoms with Gasteiger partial charge in [-0.15, -0.1) is 0 Å². The predicted octanol–water partition coefficient (Wildman–Crippen LogP) is 6.37. The van der Waals surface area contributed by atoms with Gasteiger partial charge in [-0.2, -0.15) is 0 Å². The van der Waals surface area contributed by atoms with Crippen LogP contribution in [0, 0.1) is 5.92 Å². The van der Waals surface area contributed by atoms with Crippen molar-refractivity contribution in [1.82, 2.24) is 19.4 Å². The Kier molecular flexibility index (Phi) is 6.74. The normalized spacial score (nSPS) is 19.7. The van der Waals surface area contributed by atoms with E-state index in [-0.39, 0.29) is 18.2 Å². The molecular weight excluding hydrogens is 484 g/mol. The summed E-state index contributed by atoms with van der Waals surface area (Å²) in [5.41, 5.74) is 6.63. The number of carbonyl (C=O) groups excluding carboxylic acids is 1. The first-order chi connectivity index (χ1) is 19.0. The van der Waals surface area contributed by atoms with Gasteiger partial charge >= 0.3 is 0 Å². The number of rotatable bonds is 8. The van der Waals surface area contributed by atoms with Gasteiger partial charge in [-0.05, 0) is 44.1 Å². The summed E-state index contributed by atoms with van der Waals surface area (Å²) in [5.74, 6) is 0.539. The Labute approximate surface area is 230 Å². The smallest absolute Gasteiger partial charge is 0.151 e. The molecule has 0 radical (unpaired) electrons. The quantitative estimate of drug-likeness (QED) is 0.240. The van der Waals surface area contributed by atoms with E-state index in [9.17, 15) is 4.79 Å². The number of aldehydes is 1. The number of methoxy groups -OCH3 is 1. The average Bonchev–Trinajstić information content (AvgIpc) is 3.42. The molecule has 0 aliphatic carbocycles. The van der Waals surface area contributed by atoms with E-state index >= 15 is 0 Å². The zero-order valence-electron chi connectivity index (χ0n) is 24.0. The van der Waals surface area contributed by atoms with E-state index in [4.69, 9.17) is 4.74 Å². The van der Waals surface area contributed by atoms with Gasteiger partial charge in [0.05, 0.1) is 29.2 Å². The van der Waals surface area contributed by atoms with E-state index in [1.54, 1.807) is 0 Å². The van der Waals surface area contributed by atoms with Gasteiger partial charge in [0.1, 0.15) is 0 Å². The van der Waals surface area contributed by atoms with Crippen molar-refractivity contribution in [2.75, 3.05) is 27.7 Å². The molecule has 3 aromatic carbocycles. The third-order valence-electron chi connectivity index (χ3n) is 8.84. The maximum Gasteiger partial charge on any atom is 0.151 e. The van der Waals surface area contributed by atoms with E-state index in [1.807, 2.05) is 14.2 Å². The van der Waals surface area contributed by atoms with E-state index < -0.39 is 0 Å². The molecule has 1 aliphatic heterocycles. The van der Waals surface area contributed by atoms with Gasteiger partial charge < -0.3 is 19.2 Å². The number of ether oxygens (including phenoxy) is 1. The molecule has 2 aromatic heterocycles. The van der Waals surface area contributed by atoms with Gasteiger partial charge in [-0.3, -0.25) is 9.69 Å². The van der Waals surface area contributed by atoms with Crippen LogP contribution in [0.15, 0.2) is 48.5 Å². The van der Waals surface area contributed by atoms with E-state index in [2.05, 4.69) is 95.7 Å². The van der Waals surface area contributed by atoms with Crippen LogP contribution in [0.5, 0.6) is 0 Å². The lowest BCUT2D eigenvalue weighted by Gasteiger charge is -2.41. The standard InChI is InChI=1S/C33H40N4O2/c1-7-25-33(39-6)28(35(5)17-20(2)3)18-36-26-14-10-8-12-21(26)30-24(19-38)23(16-34-4)29-22-13-9-11-15-27(22)37(25)32(29)31(30)36/h8-15,19-20,25,28,33-34H,7,16-18H2,1-6H3. The Balaban J connectivity index is 1.88.